The van der Waals surface area contributed by atoms with Gasteiger partial charge in [0, 0.05) is 23.9 Å². The van der Waals surface area contributed by atoms with E-state index in [0.29, 0.717) is 31.0 Å². The van der Waals surface area contributed by atoms with Crippen LogP contribution in [-0.2, 0) is 6.42 Å². The molecule has 2 rings (SSSR count). The van der Waals surface area contributed by atoms with Crippen LogP contribution in [0.1, 0.15) is 42.7 Å². The van der Waals surface area contributed by atoms with Crippen LogP contribution in [0.3, 0.4) is 0 Å². The Balaban J connectivity index is 2.22. The number of piperidine rings is 1. The molecule has 1 aromatic heterocycles. The number of aromatic amines is 1. The molecule has 0 aromatic carbocycles. The van der Waals surface area contributed by atoms with Gasteiger partial charge in [-0.05, 0) is 31.2 Å². The molecule has 1 aliphatic heterocycles. The van der Waals surface area contributed by atoms with Crippen molar-refractivity contribution in [3.63, 3.8) is 0 Å². The summed E-state index contributed by atoms with van der Waals surface area (Å²) in [7, 11) is 0. The van der Waals surface area contributed by atoms with Crippen molar-refractivity contribution in [3.05, 3.63) is 33.7 Å². The van der Waals surface area contributed by atoms with E-state index in [4.69, 9.17) is 5.11 Å². The molecule has 0 bridgehead atoms. The maximum atomic E-state index is 14.2. The minimum Gasteiger partial charge on any atom is -0.393 e. The summed E-state index contributed by atoms with van der Waals surface area (Å²) in [6, 6.07) is 2.91. The Morgan fingerprint density at radius 2 is 2.23 bits per heavy atom. The fourth-order valence-electron chi connectivity index (χ4n) is 2.85. The molecule has 1 amide bonds. The van der Waals surface area contributed by atoms with Crippen molar-refractivity contribution in [2.45, 2.75) is 38.8 Å². The van der Waals surface area contributed by atoms with Crippen molar-refractivity contribution >= 4 is 5.91 Å². The number of alkyl halides is 1. The summed E-state index contributed by atoms with van der Waals surface area (Å²) in [6.45, 7) is 3.77. The van der Waals surface area contributed by atoms with Gasteiger partial charge in [0.05, 0.1) is 13.2 Å². The minimum atomic E-state index is -1.74. The highest BCUT2D eigenvalue weighted by Gasteiger charge is 2.37. The summed E-state index contributed by atoms with van der Waals surface area (Å²) in [5.41, 5.74) is -1.08. The van der Waals surface area contributed by atoms with Crippen LogP contribution in [0, 0.1) is 5.92 Å². The van der Waals surface area contributed by atoms with Crippen molar-refractivity contribution in [1.29, 1.82) is 0 Å². The molecule has 122 valence electrons. The third-order valence-corrected chi connectivity index (χ3v) is 3.87. The lowest BCUT2D eigenvalue weighted by atomic mass is 9.95. The number of amides is 1. The lowest BCUT2D eigenvalue weighted by Crippen LogP contribution is -2.49. The monoisotopic (exact) mass is 310 g/mol. The molecular formula is C16H23FN2O3. The number of rotatable bonds is 4. The number of aromatic nitrogens is 1. The summed E-state index contributed by atoms with van der Waals surface area (Å²) in [5.74, 6) is -0.00449. The average molecular weight is 310 g/mol. The molecule has 2 heterocycles. The normalized spacial score (nSPS) is 22.1. The summed E-state index contributed by atoms with van der Waals surface area (Å²) < 4.78 is 14.2. The number of hydrogen-bond acceptors (Lipinski definition) is 3. The number of nitrogens with zero attached hydrogens (tertiary/aromatic N) is 1. The molecule has 1 saturated heterocycles. The molecule has 1 atom stereocenters. The summed E-state index contributed by atoms with van der Waals surface area (Å²) in [4.78, 5) is 28.3. The Labute approximate surface area is 129 Å². The van der Waals surface area contributed by atoms with Gasteiger partial charge >= 0.3 is 0 Å². The van der Waals surface area contributed by atoms with Crippen LogP contribution in [0.5, 0.6) is 0 Å². The van der Waals surface area contributed by atoms with Crippen LogP contribution in [0.4, 0.5) is 4.39 Å². The molecular weight excluding hydrogens is 287 g/mol. The molecule has 1 aliphatic rings. The van der Waals surface area contributed by atoms with Gasteiger partial charge in [-0.15, -0.1) is 0 Å². The fourth-order valence-corrected chi connectivity index (χ4v) is 2.85. The fraction of sp³-hybridized carbons (Fsp3) is 0.625. The zero-order chi connectivity index (χ0) is 16.3. The largest absolute Gasteiger partial charge is 0.393 e. The maximum absolute atomic E-state index is 14.2. The summed E-state index contributed by atoms with van der Waals surface area (Å²) in [5, 5.41) is 9.14. The second kappa shape index (κ2) is 6.60. The van der Waals surface area contributed by atoms with Gasteiger partial charge < -0.3 is 15.0 Å². The summed E-state index contributed by atoms with van der Waals surface area (Å²) >= 11 is 0. The first-order chi connectivity index (χ1) is 10.3. The minimum absolute atomic E-state index is 0.130. The molecule has 2 N–H and O–H groups in total. The van der Waals surface area contributed by atoms with Crippen LogP contribution in [0.15, 0.2) is 16.9 Å². The first kappa shape index (κ1) is 16.7. The number of carbonyl (C=O) groups excluding carboxylic acids is 1. The first-order valence-corrected chi connectivity index (χ1v) is 7.65. The van der Waals surface area contributed by atoms with E-state index in [2.05, 4.69) is 4.98 Å². The predicted molar refractivity (Wildman–Crippen MR) is 81.7 cm³/mol. The lowest BCUT2D eigenvalue weighted by Gasteiger charge is -2.36. The number of H-pyrrole nitrogens is 1. The van der Waals surface area contributed by atoms with Crippen molar-refractivity contribution in [2.24, 2.45) is 5.92 Å². The zero-order valence-corrected chi connectivity index (χ0v) is 13.1. The van der Waals surface area contributed by atoms with Crippen LogP contribution < -0.4 is 5.56 Å². The molecule has 0 aliphatic carbocycles. The molecule has 0 radical (unpaired) electrons. The standard InChI is InChI=1S/C16H23FN2O3/c1-11(2)6-13-7-12(8-14(21)18-13)15(22)19-5-3-4-16(17,9-19)10-20/h7-8,11,20H,3-6,9-10H2,1-2H3,(H,18,21). The predicted octanol–water partition coefficient (Wildman–Crippen LogP) is 1.51. The molecule has 1 aromatic rings. The quantitative estimate of drug-likeness (QED) is 0.885. The van der Waals surface area contributed by atoms with Crippen molar-refractivity contribution in [1.82, 2.24) is 9.88 Å². The molecule has 0 spiro atoms. The second-order valence-electron chi connectivity index (χ2n) is 6.50. The van der Waals surface area contributed by atoms with E-state index in [-0.39, 0.29) is 30.0 Å². The number of nitrogens with one attached hydrogen (secondary N) is 1. The van der Waals surface area contributed by atoms with Gasteiger partial charge in [-0.2, -0.15) is 0 Å². The van der Waals surface area contributed by atoms with E-state index in [1.165, 1.54) is 11.0 Å². The smallest absolute Gasteiger partial charge is 0.254 e. The van der Waals surface area contributed by atoms with Gasteiger partial charge in [0.15, 0.2) is 5.67 Å². The Bertz CT molecular complexity index is 599. The Hall–Kier alpha value is -1.69. The molecule has 5 nitrogen and oxygen atoms in total. The summed E-state index contributed by atoms with van der Waals surface area (Å²) in [6.07, 6.45) is 1.42. The topological polar surface area (TPSA) is 73.4 Å². The third kappa shape index (κ3) is 3.94. The molecule has 0 saturated carbocycles. The van der Waals surface area contributed by atoms with E-state index in [9.17, 15) is 14.0 Å². The number of hydrogen-bond donors (Lipinski definition) is 2. The molecule has 6 heteroatoms. The van der Waals surface area contributed by atoms with Gasteiger partial charge in [-0.25, -0.2) is 4.39 Å². The number of aliphatic hydroxyl groups is 1. The van der Waals surface area contributed by atoms with Gasteiger partial charge in [0.1, 0.15) is 0 Å². The SMILES string of the molecule is CC(C)Cc1cc(C(=O)N2CCCC(F)(CO)C2)cc(=O)[nH]1. The average Bonchev–Trinajstić information content (AvgIpc) is 2.45. The maximum Gasteiger partial charge on any atom is 0.254 e. The first-order valence-electron chi connectivity index (χ1n) is 7.65. The van der Waals surface area contributed by atoms with Gasteiger partial charge in [0.25, 0.3) is 5.91 Å². The number of halogens is 1. The van der Waals surface area contributed by atoms with Crippen LogP contribution >= 0.6 is 0 Å². The highest BCUT2D eigenvalue weighted by Crippen LogP contribution is 2.25. The number of pyridine rings is 1. The van der Waals surface area contributed by atoms with E-state index in [1.54, 1.807) is 6.07 Å². The second-order valence-corrected chi connectivity index (χ2v) is 6.50. The van der Waals surface area contributed by atoms with Gasteiger partial charge in [-0.3, -0.25) is 9.59 Å². The van der Waals surface area contributed by atoms with Crippen molar-refractivity contribution in [2.75, 3.05) is 19.7 Å². The van der Waals surface area contributed by atoms with Crippen molar-refractivity contribution in [3.8, 4) is 0 Å². The van der Waals surface area contributed by atoms with E-state index in [0.717, 1.165) is 0 Å². The van der Waals surface area contributed by atoms with Crippen LogP contribution in [0.25, 0.3) is 0 Å². The Kier molecular flexibility index (Phi) is 5.01. The van der Waals surface area contributed by atoms with E-state index in [1.807, 2.05) is 13.8 Å². The number of carbonyl (C=O) groups is 1. The third-order valence-electron chi connectivity index (χ3n) is 3.87. The van der Waals surface area contributed by atoms with Gasteiger partial charge in [-0.1, -0.05) is 13.8 Å². The van der Waals surface area contributed by atoms with Crippen LogP contribution in [-0.4, -0.2) is 46.3 Å². The molecule has 1 unspecified atom stereocenters. The van der Waals surface area contributed by atoms with Gasteiger partial charge in [0.2, 0.25) is 5.56 Å². The highest BCUT2D eigenvalue weighted by molar-refractivity contribution is 5.94. The van der Waals surface area contributed by atoms with E-state index < -0.39 is 12.3 Å². The highest BCUT2D eigenvalue weighted by atomic mass is 19.1. The number of aliphatic hydroxyl groups excluding tert-OH is 1. The van der Waals surface area contributed by atoms with Crippen molar-refractivity contribution < 1.29 is 14.3 Å². The van der Waals surface area contributed by atoms with Crippen LogP contribution in [0.2, 0.25) is 0 Å². The molecule has 22 heavy (non-hydrogen) atoms. The number of likely N-dealkylation sites (tertiary alicyclic amines) is 1. The Morgan fingerprint density at radius 3 is 2.86 bits per heavy atom. The Morgan fingerprint density at radius 1 is 1.50 bits per heavy atom. The molecule has 1 fully saturated rings. The lowest BCUT2D eigenvalue weighted by molar-refractivity contribution is 0.00172. The van der Waals surface area contributed by atoms with E-state index >= 15 is 0 Å². The zero-order valence-electron chi connectivity index (χ0n) is 13.1.